The first-order valence-corrected chi connectivity index (χ1v) is 7.61. The molecule has 0 spiro atoms. The second-order valence-electron chi connectivity index (χ2n) is 5.69. The average Bonchev–Trinajstić information content (AvgIpc) is 2.42. The van der Waals surface area contributed by atoms with Crippen LogP contribution >= 0.6 is 0 Å². The highest BCUT2D eigenvalue weighted by molar-refractivity contribution is 5.19. The Morgan fingerprint density at radius 1 is 1.00 bits per heavy atom. The normalized spacial score (nSPS) is 14.9. The van der Waals surface area contributed by atoms with E-state index in [9.17, 15) is 0 Å². The highest BCUT2D eigenvalue weighted by Gasteiger charge is 2.18. The van der Waals surface area contributed by atoms with Crippen LogP contribution in [-0.4, -0.2) is 30.6 Å². The Kier molecular flexibility index (Phi) is 7.11. The summed E-state index contributed by atoms with van der Waals surface area (Å²) in [4.78, 5) is 2.47. The molecule has 0 saturated heterocycles. The van der Waals surface area contributed by atoms with Gasteiger partial charge < -0.3 is 10.2 Å². The van der Waals surface area contributed by atoms with Gasteiger partial charge in [0, 0.05) is 18.6 Å². The lowest BCUT2D eigenvalue weighted by atomic mass is 9.95. The summed E-state index contributed by atoms with van der Waals surface area (Å²) in [6.45, 7) is 14.7. The Labute approximate surface area is 119 Å². The molecule has 2 unspecified atom stereocenters. The van der Waals surface area contributed by atoms with Gasteiger partial charge in [0.15, 0.2) is 0 Å². The van der Waals surface area contributed by atoms with Crippen molar-refractivity contribution in [1.82, 2.24) is 10.2 Å². The molecule has 0 heterocycles. The zero-order valence-electron chi connectivity index (χ0n) is 13.2. The zero-order chi connectivity index (χ0) is 14.3. The van der Waals surface area contributed by atoms with Crippen LogP contribution in [-0.2, 0) is 0 Å². The average molecular weight is 262 g/mol. The molecule has 1 rings (SSSR count). The third-order valence-corrected chi connectivity index (χ3v) is 3.72. The molecule has 0 aliphatic heterocycles. The van der Waals surface area contributed by atoms with Crippen molar-refractivity contribution in [2.24, 2.45) is 5.92 Å². The van der Waals surface area contributed by atoms with E-state index in [4.69, 9.17) is 0 Å². The predicted molar refractivity (Wildman–Crippen MR) is 84.4 cm³/mol. The molecule has 0 aliphatic carbocycles. The quantitative estimate of drug-likeness (QED) is 0.768. The van der Waals surface area contributed by atoms with E-state index in [0.717, 1.165) is 19.6 Å². The smallest absolute Gasteiger partial charge is 0.0346 e. The molecule has 0 bridgehead atoms. The number of hydrogen-bond donors (Lipinski definition) is 1. The van der Waals surface area contributed by atoms with Crippen LogP contribution in [0.3, 0.4) is 0 Å². The van der Waals surface area contributed by atoms with Gasteiger partial charge in [-0.25, -0.2) is 0 Å². The summed E-state index contributed by atoms with van der Waals surface area (Å²) >= 11 is 0. The number of nitrogens with one attached hydrogen (secondary N) is 1. The largest absolute Gasteiger partial charge is 0.306 e. The first-order valence-electron chi connectivity index (χ1n) is 7.61. The highest BCUT2D eigenvalue weighted by Crippen LogP contribution is 2.21. The molecule has 0 radical (unpaired) electrons. The molecule has 0 amide bonds. The van der Waals surface area contributed by atoms with E-state index < -0.39 is 0 Å². The Morgan fingerprint density at radius 3 is 2.05 bits per heavy atom. The van der Waals surface area contributed by atoms with Gasteiger partial charge in [-0.15, -0.1) is 0 Å². The molecule has 1 aromatic carbocycles. The van der Waals surface area contributed by atoms with Gasteiger partial charge in [0.2, 0.25) is 0 Å². The maximum absolute atomic E-state index is 3.79. The standard InChI is InChI=1S/C17H30N2/c1-6-19(7-2)13-15(5)18-17(14(3)4)16-11-9-8-10-12-16/h8-12,14-15,17-18H,6-7,13H2,1-5H3. The molecule has 2 heteroatoms. The molecule has 19 heavy (non-hydrogen) atoms. The maximum atomic E-state index is 3.79. The Morgan fingerprint density at radius 2 is 1.58 bits per heavy atom. The molecule has 1 N–H and O–H groups in total. The van der Waals surface area contributed by atoms with Crippen LogP contribution < -0.4 is 5.32 Å². The lowest BCUT2D eigenvalue weighted by Gasteiger charge is -2.30. The zero-order valence-corrected chi connectivity index (χ0v) is 13.2. The summed E-state index contributed by atoms with van der Waals surface area (Å²) in [7, 11) is 0. The molecular formula is C17H30N2. The molecule has 0 fully saturated rings. The first kappa shape index (κ1) is 16.2. The summed E-state index contributed by atoms with van der Waals surface area (Å²) in [5.41, 5.74) is 1.39. The molecular weight excluding hydrogens is 232 g/mol. The van der Waals surface area contributed by atoms with Crippen molar-refractivity contribution < 1.29 is 0 Å². The third kappa shape index (κ3) is 5.33. The minimum Gasteiger partial charge on any atom is -0.306 e. The van der Waals surface area contributed by atoms with E-state index in [-0.39, 0.29) is 0 Å². The number of nitrogens with zero attached hydrogens (tertiary/aromatic N) is 1. The number of benzene rings is 1. The van der Waals surface area contributed by atoms with Crippen molar-refractivity contribution in [2.45, 2.75) is 46.7 Å². The molecule has 0 saturated carbocycles. The van der Waals surface area contributed by atoms with Crippen LogP contribution in [0.5, 0.6) is 0 Å². The van der Waals surface area contributed by atoms with Crippen LogP contribution in [0.25, 0.3) is 0 Å². The first-order chi connectivity index (χ1) is 9.08. The van der Waals surface area contributed by atoms with Crippen molar-refractivity contribution in [3.05, 3.63) is 35.9 Å². The minimum absolute atomic E-state index is 0.437. The Hall–Kier alpha value is -0.860. The van der Waals surface area contributed by atoms with E-state index in [1.165, 1.54) is 5.56 Å². The van der Waals surface area contributed by atoms with E-state index in [1.54, 1.807) is 0 Å². The van der Waals surface area contributed by atoms with Crippen molar-refractivity contribution in [2.75, 3.05) is 19.6 Å². The highest BCUT2D eigenvalue weighted by atomic mass is 15.1. The van der Waals surface area contributed by atoms with Gasteiger partial charge in [-0.1, -0.05) is 58.0 Å². The van der Waals surface area contributed by atoms with Crippen LogP contribution in [0.15, 0.2) is 30.3 Å². The molecule has 0 aromatic heterocycles. The summed E-state index contributed by atoms with van der Waals surface area (Å²) in [6.07, 6.45) is 0. The predicted octanol–water partition coefficient (Wildman–Crippen LogP) is 3.70. The number of rotatable bonds is 8. The van der Waals surface area contributed by atoms with Crippen LogP contribution in [0.4, 0.5) is 0 Å². The molecule has 0 aliphatic rings. The maximum Gasteiger partial charge on any atom is 0.0346 e. The van der Waals surface area contributed by atoms with Gasteiger partial charge >= 0.3 is 0 Å². The van der Waals surface area contributed by atoms with Crippen LogP contribution in [0, 0.1) is 5.92 Å². The van der Waals surface area contributed by atoms with Crippen molar-refractivity contribution >= 4 is 0 Å². The second kappa shape index (κ2) is 8.34. The fraction of sp³-hybridized carbons (Fsp3) is 0.647. The van der Waals surface area contributed by atoms with Crippen LogP contribution in [0.1, 0.15) is 46.2 Å². The Bertz CT molecular complexity index is 330. The van der Waals surface area contributed by atoms with Gasteiger partial charge in [-0.3, -0.25) is 0 Å². The van der Waals surface area contributed by atoms with E-state index in [1.807, 2.05) is 0 Å². The number of likely N-dealkylation sites (N-methyl/N-ethyl adjacent to an activating group) is 1. The molecule has 108 valence electrons. The fourth-order valence-corrected chi connectivity index (χ4v) is 2.56. The van der Waals surface area contributed by atoms with E-state index in [2.05, 4.69) is 75.2 Å². The fourth-order valence-electron chi connectivity index (χ4n) is 2.56. The van der Waals surface area contributed by atoms with Crippen LogP contribution in [0.2, 0.25) is 0 Å². The lowest BCUT2D eigenvalue weighted by Crippen LogP contribution is -2.42. The van der Waals surface area contributed by atoms with Gasteiger partial charge in [-0.05, 0) is 31.5 Å². The van der Waals surface area contributed by atoms with Crippen molar-refractivity contribution in [3.63, 3.8) is 0 Å². The van der Waals surface area contributed by atoms with Gasteiger partial charge in [0.05, 0.1) is 0 Å². The third-order valence-electron chi connectivity index (χ3n) is 3.72. The molecule has 2 nitrogen and oxygen atoms in total. The second-order valence-corrected chi connectivity index (χ2v) is 5.69. The van der Waals surface area contributed by atoms with Gasteiger partial charge in [0.1, 0.15) is 0 Å². The van der Waals surface area contributed by atoms with Gasteiger partial charge in [-0.2, -0.15) is 0 Å². The van der Waals surface area contributed by atoms with Gasteiger partial charge in [0.25, 0.3) is 0 Å². The summed E-state index contributed by atoms with van der Waals surface area (Å²) < 4.78 is 0. The summed E-state index contributed by atoms with van der Waals surface area (Å²) in [6, 6.07) is 11.7. The minimum atomic E-state index is 0.437. The van der Waals surface area contributed by atoms with Crippen molar-refractivity contribution in [1.29, 1.82) is 0 Å². The lowest BCUT2D eigenvalue weighted by molar-refractivity contribution is 0.250. The SMILES string of the molecule is CCN(CC)CC(C)NC(c1ccccc1)C(C)C. The monoisotopic (exact) mass is 262 g/mol. The Balaban J connectivity index is 2.64. The van der Waals surface area contributed by atoms with Crippen molar-refractivity contribution in [3.8, 4) is 0 Å². The van der Waals surface area contributed by atoms with E-state index >= 15 is 0 Å². The van der Waals surface area contributed by atoms with E-state index in [0.29, 0.717) is 18.0 Å². The molecule has 2 atom stereocenters. The summed E-state index contributed by atoms with van der Waals surface area (Å²) in [5, 5.41) is 3.79. The summed E-state index contributed by atoms with van der Waals surface area (Å²) in [5.74, 6) is 0.599. The molecule has 1 aromatic rings. The number of hydrogen-bond acceptors (Lipinski definition) is 2. The topological polar surface area (TPSA) is 15.3 Å².